The highest BCUT2D eigenvalue weighted by molar-refractivity contribution is 6.03. The van der Waals surface area contributed by atoms with Crippen LogP contribution in [0.1, 0.15) is 93.5 Å². The highest BCUT2D eigenvalue weighted by Gasteiger charge is 2.27. The molecule has 10 heteroatoms. The first-order valence-corrected chi connectivity index (χ1v) is 15.4. The summed E-state index contributed by atoms with van der Waals surface area (Å²) in [4.78, 5) is 35.7. The number of piperidine rings is 1. The lowest BCUT2D eigenvalue weighted by Gasteiger charge is -2.32. The fraction of sp³-hybridized carbons (Fsp3) is 0.545. The van der Waals surface area contributed by atoms with Gasteiger partial charge in [-0.05, 0) is 62.6 Å². The molecule has 2 amide bonds. The molecule has 1 saturated heterocycles. The molecule has 2 fully saturated rings. The maximum atomic E-state index is 15.5. The average molecular weight is 598 g/mol. The van der Waals surface area contributed by atoms with Crippen LogP contribution in [0.4, 0.5) is 18.9 Å². The summed E-state index contributed by atoms with van der Waals surface area (Å²) >= 11 is 0. The summed E-state index contributed by atoms with van der Waals surface area (Å²) in [6, 6.07) is 6.19. The number of H-pyrrole nitrogens is 1. The van der Waals surface area contributed by atoms with Crippen LogP contribution in [0.15, 0.2) is 24.3 Å². The van der Waals surface area contributed by atoms with Crippen molar-refractivity contribution in [1.82, 2.24) is 20.6 Å². The first kappa shape index (κ1) is 30.9. The van der Waals surface area contributed by atoms with Gasteiger partial charge in [-0.15, -0.1) is 0 Å². The summed E-state index contributed by atoms with van der Waals surface area (Å²) in [5.41, 5.74) is 1.69. The predicted molar refractivity (Wildman–Crippen MR) is 162 cm³/mol. The minimum atomic E-state index is -0.860. The van der Waals surface area contributed by atoms with Crippen molar-refractivity contribution in [2.45, 2.75) is 91.4 Å². The second-order valence-electron chi connectivity index (χ2n) is 13.3. The number of amides is 2. The lowest BCUT2D eigenvalue weighted by molar-refractivity contribution is -0.128. The van der Waals surface area contributed by atoms with Gasteiger partial charge in [-0.25, -0.2) is 18.2 Å². The Labute approximate surface area is 251 Å². The number of benzene rings is 2. The number of rotatable bonds is 7. The number of carbonyl (C=O) groups is 2. The van der Waals surface area contributed by atoms with Crippen molar-refractivity contribution < 1.29 is 22.8 Å². The highest BCUT2D eigenvalue weighted by atomic mass is 19.1. The SMILES string of the molecule is CC1CCC(NC(=O)c2cc3[nH]c(Cc4c(F)ccc(CNC(=O)C(C)(C)C)c4F)nc3cc2N2CCC(F)CC2)CC1. The van der Waals surface area contributed by atoms with Crippen molar-refractivity contribution in [3.05, 3.63) is 58.4 Å². The number of anilines is 1. The molecular formula is C33H42F3N5O2. The lowest BCUT2D eigenvalue weighted by atomic mass is 9.87. The summed E-state index contributed by atoms with van der Waals surface area (Å²) < 4.78 is 44.3. The topological polar surface area (TPSA) is 90.1 Å². The molecule has 5 rings (SSSR count). The van der Waals surface area contributed by atoms with E-state index in [1.807, 2.05) is 11.0 Å². The minimum absolute atomic E-state index is 0.0628. The van der Waals surface area contributed by atoms with Gasteiger partial charge in [0.15, 0.2) is 0 Å². The molecule has 1 saturated carbocycles. The number of fused-ring (bicyclic) bond motifs is 1. The minimum Gasteiger partial charge on any atom is -0.371 e. The number of carbonyl (C=O) groups excluding carboxylic acids is 2. The van der Waals surface area contributed by atoms with Crippen molar-refractivity contribution >= 4 is 28.5 Å². The van der Waals surface area contributed by atoms with E-state index in [0.717, 1.165) is 25.7 Å². The van der Waals surface area contributed by atoms with Crippen molar-refractivity contribution in [2.24, 2.45) is 11.3 Å². The third-order valence-electron chi connectivity index (χ3n) is 8.74. The molecule has 2 aliphatic rings. The maximum Gasteiger partial charge on any atom is 0.253 e. The Balaban J connectivity index is 1.42. The first-order valence-electron chi connectivity index (χ1n) is 15.4. The quantitative estimate of drug-likeness (QED) is 0.297. The van der Waals surface area contributed by atoms with Gasteiger partial charge in [-0.1, -0.05) is 33.8 Å². The molecule has 2 heterocycles. The molecule has 0 spiro atoms. The van der Waals surface area contributed by atoms with Gasteiger partial charge < -0.3 is 20.5 Å². The smallest absolute Gasteiger partial charge is 0.253 e. The normalized spacial score (nSPS) is 19.9. The molecule has 1 aromatic heterocycles. The molecule has 0 radical (unpaired) electrons. The van der Waals surface area contributed by atoms with E-state index >= 15 is 4.39 Å². The number of nitrogens with one attached hydrogen (secondary N) is 3. The third-order valence-corrected chi connectivity index (χ3v) is 8.74. The molecule has 0 unspecified atom stereocenters. The largest absolute Gasteiger partial charge is 0.371 e. The Morgan fingerprint density at radius 1 is 1.05 bits per heavy atom. The molecule has 0 bridgehead atoms. The number of alkyl halides is 1. The number of imidazole rings is 1. The van der Waals surface area contributed by atoms with Gasteiger partial charge in [0, 0.05) is 48.6 Å². The van der Waals surface area contributed by atoms with E-state index in [1.165, 1.54) is 12.1 Å². The summed E-state index contributed by atoms with van der Waals surface area (Å²) in [5, 5.41) is 5.91. The van der Waals surface area contributed by atoms with E-state index in [2.05, 4.69) is 27.5 Å². The lowest BCUT2D eigenvalue weighted by Crippen LogP contribution is -2.39. The zero-order valence-corrected chi connectivity index (χ0v) is 25.5. The van der Waals surface area contributed by atoms with Crippen molar-refractivity contribution in [1.29, 1.82) is 0 Å². The molecule has 1 aliphatic heterocycles. The van der Waals surface area contributed by atoms with Gasteiger partial charge in [-0.2, -0.15) is 0 Å². The molecule has 7 nitrogen and oxygen atoms in total. The van der Waals surface area contributed by atoms with Gasteiger partial charge in [0.1, 0.15) is 23.6 Å². The van der Waals surface area contributed by atoms with E-state index in [-0.39, 0.29) is 41.9 Å². The second-order valence-corrected chi connectivity index (χ2v) is 13.3. The molecule has 43 heavy (non-hydrogen) atoms. The summed E-state index contributed by atoms with van der Waals surface area (Å²) in [7, 11) is 0. The number of halogens is 3. The molecule has 2 aromatic carbocycles. The second kappa shape index (κ2) is 12.6. The van der Waals surface area contributed by atoms with E-state index in [1.54, 1.807) is 26.8 Å². The summed E-state index contributed by atoms with van der Waals surface area (Å²) in [5.74, 6) is -0.859. The van der Waals surface area contributed by atoms with E-state index in [0.29, 0.717) is 60.0 Å². The van der Waals surface area contributed by atoms with Crippen LogP contribution in [0.3, 0.4) is 0 Å². The highest BCUT2D eigenvalue weighted by Crippen LogP contribution is 2.31. The number of nitrogens with zero attached hydrogens (tertiary/aromatic N) is 2. The molecule has 3 N–H and O–H groups in total. The van der Waals surface area contributed by atoms with Gasteiger partial charge in [-0.3, -0.25) is 9.59 Å². The van der Waals surface area contributed by atoms with Crippen molar-refractivity contribution in [2.75, 3.05) is 18.0 Å². The van der Waals surface area contributed by atoms with Gasteiger partial charge in [0.25, 0.3) is 5.91 Å². The van der Waals surface area contributed by atoms with Crippen LogP contribution in [0.5, 0.6) is 0 Å². The Morgan fingerprint density at radius 3 is 2.42 bits per heavy atom. The van der Waals surface area contributed by atoms with Crippen molar-refractivity contribution in [3.63, 3.8) is 0 Å². The molecule has 0 atom stereocenters. The Kier molecular flexibility index (Phi) is 9.04. The van der Waals surface area contributed by atoms with Gasteiger partial charge in [0.05, 0.1) is 22.3 Å². The first-order chi connectivity index (χ1) is 20.4. The Morgan fingerprint density at radius 2 is 1.74 bits per heavy atom. The van der Waals surface area contributed by atoms with Gasteiger partial charge in [0.2, 0.25) is 5.91 Å². The zero-order valence-electron chi connectivity index (χ0n) is 25.5. The zero-order chi connectivity index (χ0) is 30.9. The van der Waals surface area contributed by atoms with Gasteiger partial charge >= 0.3 is 0 Å². The summed E-state index contributed by atoms with van der Waals surface area (Å²) in [6.07, 6.45) is 3.78. The number of hydrogen-bond donors (Lipinski definition) is 3. The number of hydrogen-bond acceptors (Lipinski definition) is 4. The molecule has 1 aliphatic carbocycles. The Hall–Kier alpha value is -3.56. The predicted octanol–water partition coefficient (Wildman–Crippen LogP) is 6.34. The van der Waals surface area contributed by atoms with Crippen LogP contribution in [-0.4, -0.2) is 47.1 Å². The van der Waals surface area contributed by atoms with Crippen LogP contribution < -0.4 is 15.5 Å². The van der Waals surface area contributed by atoms with Crippen LogP contribution in [0, 0.1) is 23.0 Å². The Bertz CT molecular complexity index is 1480. The monoisotopic (exact) mass is 597 g/mol. The third kappa shape index (κ3) is 7.16. The molecule has 3 aromatic rings. The average Bonchev–Trinajstić information content (AvgIpc) is 3.36. The van der Waals surface area contributed by atoms with E-state index in [4.69, 9.17) is 0 Å². The number of aromatic nitrogens is 2. The van der Waals surface area contributed by atoms with Crippen molar-refractivity contribution in [3.8, 4) is 0 Å². The fourth-order valence-corrected chi connectivity index (χ4v) is 5.94. The van der Waals surface area contributed by atoms with Crippen LogP contribution in [-0.2, 0) is 17.8 Å². The standard InChI is InChI=1S/C33H42F3N5O2/c1-19-5-8-22(9-6-19)38-31(42)24-15-26-27(17-28(24)41-13-11-21(34)12-14-41)40-29(39-26)16-23-25(35)10-7-20(30(23)36)18-37-32(43)33(2,3)4/h7,10,15,17,19,21-22H,5-6,8-9,11-14,16,18H2,1-4H3,(H,37,43)(H,38,42)(H,39,40). The summed E-state index contributed by atoms with van der Waals surface area (Å²) in [6.45, 7) is 8.42. The maximum absolute atomic E-state index is 15.5. The molecule has 232 valence electrons. The molecular weight excluding hydrogens is 555 g/mol. The van der Waals surface area contributed by atoms with Crippen LogP contribution >= 0.6 is 0 Å². The van der Waals surface area contributed by atoms with E-state index in [9.17, 15) is 18.4 Å². The fourth-order valence-electron chi connectivity index (χ4n) is 5.94. The van der Waals surface area contributed by atoms with Crippen LogP contribution in [0.25, 0.3) is 11.0 Å². The number of aromatic amines is 1. The van der Waals surface area contributed by atoms with E-state index < -0.39 is 23.2 Å². The van der Waals surface area contributed by atoms with Crippen LogP contribution in [0.2, 0.25) is 0 Å².